The summed E-state index contributed by atoms with van der Waals surface area (Å²) in [6.45, 7) is 2.79. The van der Waals surface area contributed by atoms with Gasteiger partial charge in [-0.3, -0.25) is 10.1 Å². The second kappa shape index (κ2) is 5.35. The lowest BCUT2D eigenvalue weighted by atomic mass is 10.1. The third-order valence-corrected chi connectivity index (χ3v) is 3.46. The van der Waals surface area contributed by atoms with Crippen LogP contribution in [0.2, 0.25) is 0 Å². The van der Waals surface area contributed by atoms with Crippen molar-refractivity contribution in [3.63, 3.8) is 0 Å². The molecule has 5 N–H and O–H groups in total. The van der Waals surface area contributed by atoms with E-state index >= 15 is 0 Å². The van der Waals surface area contributed by atoms with Gasteiger partial charge in [0.2, 0.25) is 0 Å². The van der Waals surface area contributed by atoms with Gasteiger partial charge in [0.25, 0.3) is 0 Å². The Labute approximate surface area is 120 Å². The van der Waals surface area contributed by atoms with Gasteiger partial charge in [-0.05, 0) is 31.4 Å². The maximum absolute atomic E-state index is 11.1. The van der Waals surface area contributed by atoms with Crippen molar-refractivity contribution in [2.45, 2.75) is 19.8 Å². The van der Waals surface area contributed by atoms with Crippen molar-refractivity contribution in [1.82, 2.24) is 15.2 Å². The summed E-state index contributed by atoms with van der Waals surface area (Å²) in [5.74, 6) is -0.475. The maximum atomic E-state index is 11.1. The lowest BCUT2D eigenvalue weighted by Crippen LogP contribution is -2.05. The lowest BCUT2D eigenvalue weighted by Gasteiger charge is -2.09. The summed E-state index contributed by atoms with van der Waals surface area (Å²) >= 11 is 0. The van der Waals surface area contributed by atoms with Gasteiger partial charge in [0.05, 0.1) is 23.1 Å². The molecule has 0 spiro atoms. The largest absolute Gasteiger partial charge is 0.417 e. The Morgan fingerprint density at radius 2 is 2.29 bits per heavy atom. The van der Waals surface area contributed by atoms with E-state index in [0.29, 0.717) is 16.8 Å². The molecule has 0 radical (unpaired) electrons. The summed E-state index contributed by atoms with van der Waals surface area (Å²) in [6.07, 6.45) is 3.76. The normalized spacial score (nSPS) is 11.1. The second-order valence-electron chi connectivity index (χ2n) is 5.00. The number of aromatic amines is 2. The van der Waals surface area contributed by atoms with Gasteiger partial charge in [0, 0.05) is 18.3 Å². The minimum absolute atomic E-state index is 0.470. The van der Waals surface area contributed by atoms with Crippen LogP contribution in [0, 0.1) is 6.92 Å². The second-order valence-corrected chi connectivity index (χ2v) is 5.00. The van der Waals surface area contributed by atoms with E-state index in [-0.39, 0.29) is 0 Å². The predicted octanol–water partition coefficient (Wildman–Crippen LogP) is 1.78. The standard InChI is InChI=1S/C14H17N5O2/c1-8-9(7-17-19-8)3-2-4-16-11-6-12-13(5-10(11)15)21-14(20)18-12/h5-7,16H,2-4,15H2,1H3,(H,17,19)(H,18,20). The van der Waals surface area contributed by atoms with E-state index in [1.165, 1.54) is 5.56 Å². The number of hydrogen-bond donors (Lipinski definition) is 4. The van der Waals surface area contributed by atoms with Crippen LogP contribution >= 0.6 is 0 Å². The minimum atomic E-state index is -0.475. The van der Waals surface area contributed by atoms with E-state index in [1.807, 2.05) is 13.1 Å². The van der Waals surface area contributed by atoms with Gasteiger partial charge in [-0.25, -0.2) is 4.79 Å². The maximum Gasteiger partial charge on any atom is 0.417 e. The quantitative estimate of drug-likeness (QED) is 0.422. The number of hydrogen-bond acceptors (Lipinski definition) is 5. The Morgan fingerprint density at radius 1 is 1.43 bits per heavy atom. The third-order valence-electron chi connectivity index (χ3n) is 3.46. The van der Waals surface area contributed by atoms with Crippen LogP contribution in [-0.4, -0.2) is 21.7 Å². The number of fused-ring (bicyclic) bond motifs is 1. The van der Waals surface area contributed by atoms with E-state index in [1.54, 1.807) is 12.1 Å². The smallest absolute Gasteiger partial charge is 0.408 e. The highest BCUT2D eigenvalue weighted by Gasteiger charge is 2.06. The monoisotopic (exact) mass is 287 g/mol. The van der Waals surface area contributed by atoms with Gasteiger partial charge < -0.3 is 15.5 Å². The first-order valence-corrected chi connectivity index (χ1v) is 6.78. The molecule has 1 aromatic carbocycles. The topological polar surface area (TPSA) is 113 Å². The number of H-pyrrole nitrogens is 2. The summed E-state index contributed by atoms with van der Waals surface area (Å²) < 4.78 is 4.96. The fourth-order valence-electron chi connectivity index (χ4n) is 2.30. The molecule has 7 nitrogen and oxygen atoms in total. The number of anilines is 2. The van der Waals surface area contributed by atoms with Gasteiger partial charge in [-0.1, -0.05) is 0 Å². The molecule has 2 aromatic heterocycles. The molecule has 0 unspecified atom stereocenters. The lowest BCUT2D eigenvalue weighted by molar-refractivity contribution is 0.555. The van der Waals surface area contributed by atoms with Gasteiger partial charge >= 0.3 is 5.76 Å². The highest BCUT2D eigenvalue weighted by atomic mass is 16.4. The number of oxazole rings is 1. The number of nitrogens with two attached hydrogens (primary N) is 1. The number of aromatic nitrogens is 3. The molecule has 2 heterocycles. The Balaban J connectivity index is 1.63. The zero-order valence-electron chi connectivity index (χ0n) is 11.7. The van der Waals surface area contributed by atoms with Gasteiger partial charge in [-0.2, -0.15) is 5.10 Å². The average Bonchev–Trinajstić information content (AvgIpc) is 2.99. The number of aryl methyl sites for hydroxylation is 2. The van der Waals surface area contributed by atoms with Gasteiger partial charge in [-0.15, -0.1) is 0 Å². The first-order chi connectivity index (χ1) is 10.1. The fourth-order valence-corrected chi connectivity index (χ4v) is 2.30. The van der Waals surface area contributed by atoms with Crippen LogP contribution in [0.3, 0.4) is 0 Å². The van der Waals surface area contributed by atoms with Crippen molar-refractivity contribution in [3.8, 4) is 0 Å². The van der Waals surface area contributed by atoms with Crippen molar-refractivity contribution in [3.05, 3.63) is 40.1 Å². The summed E-state index contributed by atoms with van der Waals surface area (Å²) in [5, 5.41) is 10.2. The van der Waals surface area contributed by atoms with E-state index in [4.69, 9.17) is 10.2 Å². The molecule has 110 valence electrons. The van der Waals surface area contributed by atoms with Crippen LogP contribution in [-0.2, 0) is 6.42 Å². The molecule has 0 fully saturated rings. The molecule has 7 heteroatoms. The van der Waals surface area contributed by atoms with Crippen molar-refractivity contribution < 1.29 is 4.42 Å². The molecule has 3 rings (SSSR count). The molecule has 3 aromatic rings. The first-order valence-electron chi connectivity index (χ1n) is 6.78. The van der Waals surface area contributed by atoms with Crippen LogP contribution < -0.4 is 16.8 Å². The SMILES string of the molecule is Cc1[nH]ncc1CCCNc1cc2[nH]c(=O)oc2cc1N. The summed E-state index contributed by atoms with van der Waals surface area (Å²) in [7, 11) is 0. The van der Waals surface area contributed by atoms with E-state index in [9.17, 15) is 4.79 Å². The van der Waals surface area contributed by atoms with Crippen molar-refractivity contribution in [2.75, 3.05) is 17.6 Å². The molecule has 0 saturated heterocycles. The molecule has 0 bridgehead atoms. The van der Waals surface area contributed by atoms with Crippen LogP contribution in [0.4, 0.5) is 11.4 Å². The van der Waals surface area contributed by atoms with Crippen molar-refractivity contribution in [1.29, 1.82) is 0 Å². The number of nitrogens with zero attached hydrogens (tertiary/aromatic N) is 1. The fraction of sp³-hybridized carbons (Fsp3) is 0.286. The first kappa shape index (κ1) is 13.3. The molecule has 0 saturated carbocycles. The van der Waals surface area contributed by atoms with E-state index in [2.05, 4.69) is 20.5 Å². The van der Waals surface area contributed by atoms with E-state index < -0.39 is 5.76 Å². The van der Waals surface area contributed by atoms with Crippen LogP contribution in [0.5, 0.6) is 0 Å². The number of benzene rings is 1. The number of rotatable bonds is 5. The van der Waals surface area contributed by atoms with Gasteiger partial charge in [0.15, 0.2) is 5.58 Å². The molecule has 0 atom stereocenters. The Bertz CT molecular complexity index is 814. The summed E-state index contributed by atoms with van der Waals surface area (Å²) in [5.41, 5.74) is 10.7. The molecular formula is C14H17N5O2. The molecule has 0 aliphatic carbocycles. The van der Waals surface area contributed by atoms with Gasteiger partial charge in [0.1, 0.15) is 0 Å². The zero-order valence-corrected chi connectivity index (χ0v) is 11.7. The highest BCUT2D eigenvalue weighted by molar-refractivity contribution is 5.85. The number of nitrogen functional groups attached to an aromatic ring is 1. The zero-order chi connectivity index (χ0) is 14.8. The van der Waals surface area contributed by atoms with Crippen LogP contribution in [0.15, 0.2) is 27.5 Å². The Kier molecular flexibility index (Phi) is 3.39. The average molecular weight is 287 g/mol. The summed E-state index contributed by atoms with van der Waals surface area (Å²) in [4.78, 5) is 13.8. The van der Waals surface area contributed by atoms with Crippen LogP contribution in [0.25, 0.3) is 11.1 Å². The van der Waals surface area contributed by atoms with Crippen LogP contribution in [0.1, 0.15) is 17.7 Å². The molecule has 0 aliphatic rings. The number of nitrogens with one attached hydrogen (secondary N) is 3. The minimum Gasteiger partial charge on any atom is -0.408 e. The molecule has 0 amide bonds. The van der Waals surface area contributed by atoms with Crippen molar-refractivity contribution in [2.24, 2.45) is 0 Å². The summed E-state index contributed by atoms with van der Waals surface area (Å²) in [6, 6.07) is 3.44. The Morgan fingerprint density at radius 3 is 3.05 bits per heavy atom. The molecule has 21 heavy (non-hydrogen) atoms. The highest BCUT2D eigenvalue weighted by Crippen LogP contribution is 2.24. The van der Waals surface area contributed by atoms with E-state index in [0.717, 1.165) is 30.8 Å². The molecular weight excluding hydrogens is 270 g/mol. The van der Waals surface area contributed by atoms with Crippen molar-refractivity contribution >= 4 is 22.5 Å². The predicted molar refractivity (Wildman–Crippen MR) is 81.4 cm³/mol. The third kappa shape index (κ3) is 2.76. The molecule has 0 aliphatic heterocycles. The Hall–Kier alpha value is -2.70.